The Bertz CT molecular complexity index is 1300. The number of carbonyl (C=O) groups is 1. The lowest BCUT2D eigenvalue weighted by Gasteiger charge is -2.21. The number of halogens is 3. The van der Waals surface area contributed by atoms with Gasteiger partial charge in [-0.25, -0.2) is 8.42 Å². The summed E-state index contributed by atoms with van der Waals surface area (Å²) in [6, 6.07) is 21.0. The predicted molar refractivity (Wildman–Crippen MR) is 116 cm³/mol. The molecule has 0 bridgehead atoms. The van der Waals surface area contributed by atoms with Crippen LogP contribution in [0.25, 0.3) is 0 Å². The molecule has 0 unspecified atom stereocenters. The fraction of sp³-hybridized carbons (Fsp3) is 0.160. The predicted octanol–water partition coefficient (Wildman–Crippen LogP) is 5.61. The van der Waals surface area contributed by atoms with Crippen LogP contribution in [-0.4, -0.2) is 26.5 Å². The third kappa shape index (κ3) is 4.30. The van der Waals surface area contributed by atoms with E-state index >= 15 is 0 Å². The smallest absolute Gasteiger partial charge is 0.450 e. The molecular formula is C25H19F3O4S. The van der Waals surface area contributed by atoms with Gasteiger partial charge in [-0.1, -0.05) is 78.4 Å². The van der Waals surface area contributed by atoms with Crippen LogP contribution in [0, 0.1) is 6.92 Å². The van der Waals surface area contributed by atoms with Gasteiger partial charge in [0.05, 0.1) is 10.8 Å². The maximum Gasteiger partial charge on any atom is 0.450 e. The number of ketones is 1. The molecule has 0 aromatic heterocycles. The topological polar surface area (TPSA) is 60.4 Å². The molecule has 33 heavy (non-hydrogen) atoms. The number of hydrogen-bond donors (Lipinski definition) is 0. The second kappa shape index (κ2) is 8.51. The van der Waals surface area contributed by atoms with Gasteiger partial charge in [0.15, 0.2) is 6.10 Å². The van der Waals surface area contributed by atoms with Crippen molar-refractivity contribution in [2.45, 2.75) is 30.0 Å². The first kappa shape index (κ1) is 22.8. The molecule has 0 aliphatic carbocycles. The van der Waals surface area contributed by atoms with Crippen LogP contribution in [0.15, 0.2) is 100 Å². The van der Waals surface area contributed by atoms with Crippen molar-refractivity contribution in [3.8, 4) is 0 Å². The van der Waals surface area contributed by atoms with E-state index in [0.717, 1.165) is 5.56 Å². The number of allylic oxidation sites excluding steroid dienone is 1. The molecule has 3 aromatic rings. The molecule has 0 amide bonds. The highest BCUT2D eigenvalue weighted by Gasteiger charge is 2.55. The molecule has 0 radical (unpaired) electrons. The number of carbonyl (C=O) groups excluding carboxylic acids is 1. The zero-order valence-electron chi connectivity index (χ0n) is 17.4. The van der Waals surface area contributed by atoms with Gasteiger partial charge < -0.3 is 4.74 Å². The SMILES string of the molecule is Cc1ccc(S(=O)(=O)C2=C(C(F)(F)F)O[C@H](C(=O)c3ccccc3)[C@H]2c2ccccc2)cc1. The zero-order chi connectivity index (χ0) is 23.8. The molecule has 0 N–H and O–H groups in total. The van der Waals surface area contributed by atoms with Gasteiger partial charge in [0.25, 0.3) is 0 Å². The molecule has 0 fully saturated rings. The van der Waals surface area contributed by atoms with Crippen molar-refractivity contribution in [2.24, 2.45) is 0 Å². The van der Waals surface area contributed by atoms with Crippen LogP contribution in [0.5, 0.6) is 0 Å². The van der Waals surface area contributed by atoms with Crippen LogP contribution in [0.1, 0.15) is 27.4 Å². The fourth-order valence-electron chi connectivity index (χ4n) is 3.83. The second-order valence-electron chi connectivity index (χ2n) is 7.66. The van der Waals surface area contributed by atoms with E-state index in [2.05, 4.69) is 0 Å². The summed E-state index contributed by atoms with van der Waals surface area (Å²) >= 11 is 0. The monoisotopic (exact) mass is 472 g/mol. The first-order valence-electron chi connectivity index (χ1n) is 10.0. The summed E-state index contributed by atoms with van der Waals surface area (Å²) in [5.41, 5.74) is 1.11. The molecule has 1 aliphatic rings. The molecule has 2 atom stereocenters. The van der Waals surface area contributed by atoms with Crippen LogP contribution >= 0.6 is 0 Å². The Morgan fingerprint density at radius 1 is 0.848 bits per heavy atom. The Kier molecular flexibility index (Phi) is 5.88. The molecule has 0 saturated carbocycles. The number of Topliss-reactive ketones (excluding diaryl/α,β-unsaturated/α-hetero) is 1. The van der Waals surface area contributed by atoms with Crippen molar-refractivity contribution in [3.05, 3.63) is 112 Å². The van der Waals surface area contributed by atoms with E-state index in [1.165, 1.54) is 48.5 Å². The van der Waals surface area contributed by atoms with E-state index in [1.807, 2.05) is 0 Å². The molecular weight excluding hydrogens is 453 g/mol. The standard InChI is InChI=1S/C25H19F3O4S/c1-16-12-14-19(15-13-16)33(30,31)23-20(17-8-4-2-5-9-17)22(32-24(23)25(26,27)28)21(29)18-10-6-3-7-11-18/h2-15,20,22H,1H3/t20-,22+/m1/s1. The van der Waals surface area contributed by atoms with E-state index in [9.17, 15) is 26.4 Å². The fourth-order valence-corrected chi connectivity index (χ4v) is 5.58. The lowest BCUT2D eigenvalue weighted by Crippen LogP contribution is -2.29. The summed E-state index contributed by atoms with van der Waals surface area (Å²) in [6.45, 7) is 1.73. The van der Waals surface area contributed by atoms with E-state index in [0.29, 0.717) is 0 Å². The molecule has 1 heterocycles. The maximum atomic E-state index is 14.1. The van der Waals surface area contributed by atoms with Gasteiger partial charge in [-0.05, 0) is 24.6 Å². The second-order valence-corrected chi connectivity index (χ2v) is 9.58. The maximum absolute atomic E-state index is 14.1. The molecule has 4 rings (SSSR count). The Balaban J connectivity index is 1.95. The van der Waals surface area contributed by atoms with Gasteiger partial charge in [-0.15, -0.1) is 0 Å². The van der Waals surface area contributed by atoms with Crippen LogP contribution in [0.3, 0.4) is 0 Å². The lowest BCUT2D eigenvalue weighted by molar-refractivity contribution is -0.131. The van der Waals surface area contributed by atoms with E-state index in [-0.39, 0.29) is 16.0 Å². The summed E-state index contributed by atoms with van der Waals surface area (Å²) in [7, 11) is -4.65. The van der Waals surface area contributed by atoms with Gasteiger partial charge in [0.1, 0.15) is 4.91 Å². The molecule has 3 aromatic carbocycles. The van der Waals surface area contributed by atoms with Gasteiger partial charge in [-0.2, -0.15) is 13.2 Å². The minimum absolute atomic E-state index is 0.124. The molecule has 4 nitrogen and oxygen atoms in total. The molecule has 1 aliphatic heterocycles. The number of ether oxygens (including phenoxy) is 1. The Morgan fingerprint density at radius 3 is 1.94 bits per heavy atom. The number of rotatable bonds is 5. The van der Waals surface area contributed by atoms with Crippen LogP contribution < -0.4 is 0 Å². The molecule has 8 heteroatoms. The van der Waals surface area contributed by atoms with E-state index < -0.39 is 44.5 Å². The van der Waals surface area contributed by atoms with Crippen molar-refractivity contribution in [1.82, 2.24) is 0 Å². The summed E-state index contributed by atoms with van der Waals surface area (Å²) in [5.74, 6) is -3.87. The van der Waals surface area contributed by atoms with Crippen molar-refractivity contribution in [1.29, 1.82) is 0 Å². The van der Waals surface area contributed by atoms with Crippen LogP contribution in [-0.2, 0) is 14.6 Å². The van der Waals surface area contributed by atoms with E-state index in [4.69, 9.17) is 4.74 Å². The average molecular weight is 472 g/mol. The van der Waals surface area contributed by atoms with Crippen LogP contribution in [0.2, 0.25) is 0 Å². The Hall–Kier alpha value is -3.39. The first-order chi connectivity index (χ1) is 15.6. The lowest BCUT2D eigenvalue weighted by atomic mass is 9.89. The number of alkyl halides is 3. The number of benzene rings is 3. The molecule has 0 spiro atoms. The van der Waals surface area contributed by atoms with Gasteiger partial charge in [-0.3, -0.25) is 4.79 Å². The van der Waals surface area contributed by atoms with Crippen LogP contribution in [0.4, 0.5) is 13.2 Å². The van der Waals surface area contributed by atoms with Gasteiger partial charge >= 0.3 is 6.18 Å². The normalized spacial score (nSPS) is 18.8. The van der Waals surface area contributed by atoms with Crippen molar-refractivity contribution >= 4 is 15.6 Å². The summed E-state index contributed by atoms with van der Waals surface area (Å²) < 4.78 is 74.5. The highest BCUT2D eigenvalue weighted by Crippen LogP contribution is 2.49. The van der Waals surface area contributed by atoms with E-state index in [1.54, 1.807) is 43.3 Å². The van der Waals surface area contributed by atoms with Gasteiger partial charge in [0.2, 0.25) is 21.4 Å². The van der Waals surface area contributed by atoms with Crippen molar-refractivity contribution in [3.63, 3.8) is 0 Å². The zero-order valence-corrected chi connectivity index (χ0v) is 18.2. The minimum Gasteiger partial charge on any atom is -0.475 e. The Morgan fingerprint density at radius 2 is 1.39 bits per heavy atom. The Labute approximate surface area is 189 Å². The summed E-state index contributed by atoms with van der Waals surface area (Å²) in [4.78, 5) is 12.0. The highest BCUT2D eigenvalue weighted by molar-refractivity contribution is 7.95. The number of hydrogen-bond acceptors (Lipinski definition) is 4. The number of sulfone groups is 1. The third-order valence-corrected chi connectivity index (χ3v) is 7.32. The van der Waals surface area contributed by atoms with Gasteiger partial charge in [0, 0.05) is 5.56 Å². The highest BCUT2D eigenvalue weighted by atomic mass is 32.2. The van der Waals surface area contributed by atoms with Crippen molar-refractivity contribution in [2.75, 3.05) is 0 Å². The molecule has 170 valence electrons. The quantitative estimate of drug-likeness (QED) is 0.453. The largest absolute Gasteiger partial charge is 0.475 e. The minimum atomic E-state index is -5.12. The average Bonchev–Trinajstić information content (AvgIpc) is 3.22. The first-order valence-corrected chi connectivity index (χ1v) is 11.5. The summed E-state index contributed by atoms with van der Waals surface area (Å²) in [6.07, 6.45) is -6.81. The third-order valence-electron chi connectivity index (χ3n) is 5.41. The number of aryl methyl sites for hydroxylation is 1. The molecule has 0 saturated heterocycles. The summed E-state index contributed by atoms with van der Waals surface area (Å²) in [5, 5.41) is 0. The van der Waals surface area contributed by atoms with Crippen molar-refractivity contribution < 1.29 is 31.1 Å².